The number of nitrogens with one attached hydrogen (secondary N) is 1. The number of carbonyl (C=O) groups excluding carboxylic acids is 1. The second-order valence-electron chi connectivity index (χ2n) is 5.03. The molecule has 1 aliphatic carbocycles. The van der Waals surface area contributed by atoms with Crippen LogP contribution in [0.4, 0.5) is 0 Å². The van der Waals surface area contributed by atoms with Crippen LogP contribution in [0.2, 0.25) is 0 Å². The molecule has 2 aromatic heterocycles. The summed E-state index contributed by atoms with van der Waals surface area (Å²) in [4.78, 5) is 28.2. The van der Waals surface area contributed by atoms with Gasteiger partial charge >= 0.3 is 0 Å². The molecule has 2 aromatic rings. The smallest absolute Gasteiger partial charge is 0.297 e. The van der Waals surface area contributed by atoms with Crippen molar-refractivity contribution < 1.29 is 10.0 Å². The molecular formula is C18H21N3O3. The molecule has 3 rings (SSSR count). The fourth-order valence-corrected chi connectivity index (χ4v) is 2.37. The summed E-state index contributed by atoms with van der Waals surface area (Å²) < 4.78 is 0.407. The Morgan fingerprint density at radius 1 is 1.38 bits per heavy atom. The maximum atomic E-state index is 12.2. The maximum Gasteiger partial charge on any atom is 0.297 e. The second-order valence-corrected chi connectivity index (χ2v) is 5.03. The highest BCUT2D eigenvalue weighted by atomic mass is 16.5. The van der Waals surface area contributed by atoms with Gasteiger partial charge in [-0.1, -0.05) is 32.1 Å². The largest absolute Gasteiger partial charge is 0.423 e. The van der Waals surface area contributed by atoms with Gasteiger partial charge in [-0.3, -0.25) is 9.59 Å². The lowest BCUT2D eigenvalue weighted by Gasteiger charge is -2.10. The van der Waals surface area contributed by atoms with Crippen molar-refractivity contribution in [2.45, 2.75) is 26.7 Å². The summed E-state index contributed by atoms with van der Waals surface area (Å²) in [6.07, 6.45) is 9.48. The molecule has 126 valence electrons. The molecule has 24 heavy (non-hydrogen) atoms. The van der Waals surface area contributed by atoms with E-state index in [0.717, 1.165) is 18.4 Å². The van der Waals surface area contributed by atoms with Gasteiger partial charge in [-0.2, -0.15) is 0 Å². The number of carbonyl (C=O) groups is 1. The van der Waals surface area contributed by atoms with E-state index in [2.05, 4.69) is 16.4 Å². The molecule has 0 aliphatic heterocycles. The van der Waals surface area contributed by atoms with Crippen molar-refractivity contribution in [3.8, 4) is 0 Å². The summed E-state index contributed by atoms with van der Waals surface area (Å²) in [6.45, 7) is 4.35. The normalized spacial score (nSPS) is 13.0. The summed E-state index contributed by atoms with van der Waals surface area (Å²) in [6, 6.07) is 4.79. The van der Waals surface area contributed by atoms with Gasteiger partial charge in [-0.15, -0.1) is 4.73 Å². The van der Waals surface area contributed by atoms with E-state index in [9.17, 15) is 14.8 Å². The molecule has 0 atom stereocenters. The summed E-state index contributed by atoms with van der Waals surface area (Å²) in [5.74, 6) is -0.515. The summed E-state index contributed by atoms with van der Waals surface area (Å²) in [7, 11) is 0. The monoisotopic (exact) mass is 327 g/mol. The van der Waals surface area contributed by atoms with Gasteiger partial charge in [0.1, 0.15) is 5.56 Å². The molecule has 0 fully saturated rings. The van der Waals surface area contributed by atoms with E-state index in [1.165, 1.54) is 12.3 Å². The highest BCUT2D eigenvalue weighted by Crippen LogP contribution is 2.11. The lowest BCUT2D eigenvalue weighted by atomic mass is 10.1. The quantitative estimate of drug-likeness (QED) is 0.849. The number of nitrogens with zero attached hydrogens (tertiary/aromatic N) is 2. The van der Waals surface area contributed by atoms with E-state index in [0.29, 0.717) is 16.7 Å². The molecule has 6 heteroatoms. The third-order valence-corrected chi connectivity index (χ3v) is 3.51. The van der Waals surface area contributed by atoms with Crippen LogP contribution in [0, 0.1) is 0 Å². The van der Waals surface area contributed by atoms with Gasteiger partial charge in [0.15, 0.2) is 5.65 Å². The number of hydrogen-bond acceptors (Lipinski definition) is 4. The summed E-state index contributed by atoms with van der Waals surface area (Å²) in [5.41, 5.74) is 0.244. The number of pyridine rings is 2. The fraction of sp³-hybridized carbons (Fsp3) is 0.278. The average Bonchev–Trinajstić information content (AvgIpc) is 2.65. The van der Waals surface area contributed by atoms with E-state index < -0.39 is 11.5 Å². The molecular weight excluding hydrogens is 306 g/mol. The molecule has 0 saturated heterocycles. The van der Waals surface area contributed by atoms with Gasteiger partial charge in [0.25, 0.3) is 11.5 Å². The van der Waals surface area contributed by atoms with E-state index >= 15 is 0 Å². The number of hydrogen-bond donors (Lipinski definition) is 2. The Morgan fingerprint density at radius 3 is 2.88 bits per heavy atom. The SMILES string of the molecule is CC.O=C(NCC1=CCCC=C1)c1cc2cccnc2n(O)c1=O. The van der Waals surface area contributed by atoms with Crippen molar-refractivity contribution in [2.75, 3.05) is 6.54 Å². The highest BCUT2D eigenvalue weighted by Gasteiger charge is 2.15. The van der Waals surface area contributed by atoms with Gasteiger partial charge in [0.2, 0.25) is 0 Å². The van der Waals surface area contributed by atoms with Crippen LogP contribution >= 0.6 is 0 Å². The first-order valence-corrected chi connectivity index (χ1v) is 8.00. The first-order valence-electron chi connectivity index (χ1n) is 8.00. The molecule has 0 radical (unpaired) electrons. The van der Waals surface area contributed by atoms with Gasteiger partial charge in [0.05, 0.1) is 0 Å². The summed E-state index contributed by atoms with van der Waals surface area (Å²) in [5, 5.41) is 13.1. The minimum absolute atomic E-state index is 0.108. The molecule has 1 amide bonds. The van der Waals surface area contributed by atoms with E-state index in [4.69, 9.17) is 0 Å². The molecule has 0 spiro atoms. The molecule has 0 saturated carbocycles. The van der Waals surface area contributed by atoms with E-state index in [1.54, 1.807) is 12.1 Å². The average molecular weight is 327 g/mol. The van der Waals surface area contributed by atoms with Crippen molar-refractivity contribution in [3.05, 3.63) is 64.1 Å². The summed E-state index contributed by atoms with van der Waals surface area (Å²) >= 11 is 0. The molecule has 0 unspecified atom stereocenters. The topological polar surface area (TPSA) is 84.2 Å². The lowest BCUT2D eigenvalue weighted by Crippen LogP contribution is -2.33. The Balaban J connectivity index is 0.00000100. The molecule has 6 nitrogen and oxygen atoms in total. The second kappa shape index (κ2) is 8.10. The van der Waals surface area contributed by atoms with Gasteiger partial charge in [-0.05, 0) is 36.6 Å². The van der Waals surface area contributed by atoms with Gasteiger partial charge < -0.3 is 10.5 Å². The minimum Gasteiger partial charge on any atom is -0.423 e. The predicted molar refractivity (Wildman–Crippen MR) is 93.3 cm³/mol. The van der Waals surface area contributed by atoms with Gasteiger partial charge in [0, 0.05) is 18.1 Å². The Kier molecular flexibility index (Phi) is 5.89. The zero-order valence-corrected chi connectivity index (χ0v) is 13.8. The van der Waals surface area contributed by atoms with Crippen LogP contribution in [0.5, 0.6) is 0 Å². The van der Waals surface area contributed by atoms with Gasteiger partial charge in [-0.25, -0.2) is 4.98 Å². The Bertz CT molecular complexity index is 850. The number of aromatic nitrogens is 2. The fourth-order valence-electron chi connectivity index (χ4n) is 2.37. The number of fused-ring (bicyclic) bond motifs is 1. The van der Waals surface area contributed by atoms with Crippen LogP contribution in [0.3, 0.4) is 0 Å². The zero-order chi connectivity index (χ0) is 17.5. The lowest BCUT2D eigenvalue weighted by molar-refractivity contribution is 0.0950. The number of amides is 1. The Hall–Kier alpha value is -2.89. The first kappa shape index (κ1) is 17.5. The minimum atomic E-state index is -0.781. The Labute approximate surface area is 140 Å². The van der Waals surface area contributed by atoms with Crippen molar-refractivity contribution in [1.82, 2.24) is 15.0 Å². The van der Waals surface area contributed by atoms with Crippen LogP contribution in [0.1, 0.15) is 37.0 Å². The Morgan fingerprint density at radius 2 is 2.17 bits per heavy atom. The van der Waals surface area contributed by atoms with Crippen LogP contribution in [0.15, 0.2) is 53.0 Å². The van der Waals surface area contributed by atoms with E-state index in [-0.39, 0.29) is 11.2 Å². The number of allylic oxidation sites excluding steroid dienone is 2. The van der Waals surface area contributed by atoms with Crippen molar-refractivity contribution in [1.29, 1.82) is 0 Å². The number of rotatable bonds is 3. The van der Waals surface area contributed by atoms with Crippen LogP contribution in [0.25, 0.3) is 11.0 Å². The third-order valence-electron chi connectivity index (χ3n) is 3.51. The zero-order valence-electron chi connectivity index (χ0n) is 13.8. The van der Waals surface area contributed by atoms with Crippen LogP contribution < -0.4 is 10.9 Å². The van der Waals surface area contributed by atoms with Crippen LogP contribution in [-0.2, 0) is 0 Å². The molecule has 2 N–H and O–H groups in total. The molecule has 0 aromatic carbocycles. The third kappa shape index (κ3) is 3.71. The van der Waals surface area contributed by atoms with Crippen LogP contribution in [-0.4, -0.2) is 27.4 Å². The molecule has 0 bridgehead atoms. The molecule has 2 heterocycles. The first-order chi connectivity index (χ1) is 11.7. The standard InChI is InChI=1S/C16H15N3O3.C2H6/c20-15(18-10-11-5-2-1-3-6-11)13-9-12-7-4-8-17-14(12)19(22)16(13)21;1-2/h2,4-9,22H,1,3,10H2,(H,18,20);1-2H3. The van der Waals surface area contributed by atoms with Crippen molar-refractivity contribution in [2.24, 2.45) is 0 Å². The van der Waals surface area contributed by atoms with E-state index in [1.807, 2.05) is 26.0 Å². The molecule has 1 aliphatic rings. The predicted octanol–water partition coefficient (Wildman–Crippen LogP) is 2.67. The highest BCUT2D eigenvalue weighted by molar-refractivity contribution is 5.96. The van der Waals surface area contributed by atoms with Crippen molar-refractivity contribution >= 4 is 16.9 Å². The maximum absolute atomic E-state index is 12.2. The van der Waals surface area contributed by atoms with Crippen molar-refractivity contribution in [3.63, 3.8) is 0 Å².